The van der Waals surface area contributed by atoms with E-state index in [1.165, 1.54) is 0 Å². The van der Waals surface area contributed by atoms with Crippen LogP contribution in [0.2, 0.25) is 10.0 Å². The topological polar surface area (TPSA) is 56.7 Å². The summed E-state index contributed by atoms with van der Waals surface area (Å²) in [5.74, 6) is 0.653. The van der Waals surface area contributed by atoms with Crippen molar-refractivity contribution in [3.63, 3.8) is 0 Å². The summed E-state index contributed by atoms with van der Waals surface area (Å²) >= 11 is 11.8. The Morgan fingerprint density at radius 3 is 2.62 bits per heavy atom. The Hall–Kier alpha value is -1.10. The largest absolute Gasteiger partial charge is 0.325 e. The van der Waals surface area contributed by atoms with Gasteiger partial charge in [-0.3, -0.25) is 0 Å². The highest BCUT2D eigenvalue weighted by Gasteiger charge is 2.07. The molecule has 0 spiro atoms. The summed E-state index contributed by atoms with van der Waals surface area (Å²) < 4.78 is 1.60. The molecule has 0 aromatic carbocycles. The van der Waals surface area contributed by atoms with Gasteiger partial charge in [-0.15, -0.1) is 0 Å². The maximum Gasteiger partial charge on any atom is 0.153 e. The molecule has 84 valence electrons. The second-order valence-electron chi connectivity index (χ2n) is 3.31. The maximum atomic E-state index is 5.92. The second kappa shape index (κ2) is 4.41. The van der Waals surface area contributed by atoms with Gasteiger partial charge in [-0.25, -0.2) is 9.67 Å². The van der Waals surface area contributed by atoms with Crippen LogP contribution in [0.25, 0.3) is 5.82 Å². The van der Waals surface area contributed by atoms with Gasteiger partial charge >= 0.3 is 0 Å². The minimum absolute atomic E-state index is 0.292. The van der Waals surface area contributed by atoms with Crippen LogP contribution in [0.15, 0.2) is 18.3 Å². The minimum Gasteiger partial charge on any atom is -0.325 e. The smallest absolute Gasteiger partial charge is 0.153 e. The molecule has 0 aliphatic rings. The summed E-state index contributed by atoms with van der Waals surface area (Å²) in [6, 6.07) is 3.52. The van der Waals surface area contributed by atoms with Gasteiger partial charge in [0.2, 0.25) is 0 Å². The first kappa shape index (κ1) is 11.4. The Balaban J connectivity index is 2.48. The Kier molecular flexibility index (Phi) is 3.14. The van der Waals surface area contributed by atoms with E-state index in [2.05, 4.69) is 10.1 Å². The van der Waals surface area contributed by atoms with Gasteiger partial charge in [-0.1, -0.05) is 23.2 Å². The lowest BCUT2D eigenvalue weighted by Crippen LogP contribution is -2.05. The Bertz CT molecular complexity index is 502. The van der Waals surface area contributed by atoms with E-state index >= 15 is 0 Å². The number of nitrogens with zero attached hydrogens (tertiary/aromatic N) is 3. The van der Waals surface area contributed by atoms with E-state index in [0.29, 0.717) is 28.1 Å². The number of hydrogen-bond acceptors (Lipinski definition) is 3. The molecular formula is C10H10Cl2N4. The van der Waals surface area contributed by atoms with Crippen LogP contribution in [-0.4, -0.2) is 14.8 Å². The lowest BCUT2D eigenvalue weighted by molar-refractivity contribution is 0.817. The van der Waals surface area contributed by atoms with E-state index < -0.39 is 0 Å². The predicted molar refractivity (Wildman–Crippen MR) is 64.0 cm³/mol. The summed E-state index contributed by atoms with van der Waals surface area (Å²) in [7, 11) is 0. The number of rotatable bonds is 2. The zero-order valence-corrected chi connectivity index (χ0v) is 10.1. The molecule has 0 amide bonds. The number of hydrogen-bond donors (Lipinski definition) is 1. The molecule has 0 bridgehead atoms. The van der Waals surface area contributed by atoms with E-state index in [4.69, 9.17) is 28.9 Å². The number of aryl methyl sites for hydroxylation is 1. The van der Waals surface area contributed by atoms with E-state index in [1.807, 2.05) is 6.92 Å². The Labute approximate surface area is 103 Å². The van der Waals surface area contributed by atoms with Crippen molar-refractivity contribution >= 4 is 23.2 Å². The average Bonchev–Trinajstić information content (AvgIpc) is 2.60. The summed E-state index contributed by atoms with van der Waals surface area (Å²) in [5, 5.41) is 5.38. The van der Waals surface area contributed by atoms with Crippen LogP contribution in [0.3, 0.4) is 0 Å². The molecule has 0 saturated carbocycles. The van der Waals surface area contributed by atoms with Crippen LogP contribution in [0.4, 0.5) is 0 Å². The van der Waals surface area contributed by atoms with E-state index in [-0.39, 0.29) is 0 Å². The molecule has 0 radical (unpaired) electrons. The van der Waals surface area contributed by atoms with Gasteiger partial charge in [0.15, 0.2) is 5.82 Å². The van der Waals surface area contributed by atoms with Crippen LogP contribution in [-0.2, 0) is 6.54 Å². The fourth-order valence-electron chi connectivity index (χ4n) is 1.30. The van der Waals surface area contributed by atoms with Crippen LogP contribution in [0.1, 0.15) is 11.4 Å². The van der Waals surface area contributed by atoms with E-state index in [1.54, 1.807) is 23.0 Å². The van der Waals surface area contributed by atoms with Crippen molar-refractivity contribution < 1.29 is 0 Å². The van der Waals surface area contributed by atoms with Crippen LogP contribution < -0.4 is 5.73 Å². The SMILES string of the molecule is Cc1nn(-c2ccc(Cl)c(CN)n2)cc1Cl. The molecule has 4 nitrogen and oxygen atoms in total. The van der Waals surface area contributed by atoms with E-state index in [0.717, 1.165) is 5.69 Å². The minimum atomic E-state index is 0.292. The summed E-state index contributed by atoms with van der Waals surface area (Å²) in [4.78, 5) is 4.30. The van der Waals surface area contributed by atoms with Crippen molar-refractivity contribution in [2.75, 3.05) is 0 Å². The van der Waals surface area contributed by atoms with Crippen molar-refractivity contribution in [3.8, 4) is 5.82 Å². The van der Waals surface area contributed by atoms with Crippen molar-refractivity contribution in [2.45, 2.75) is 13.5 Å². The molecule has 2 aromatic heterocycles. The zero-order valence-electron chi connectivity index (χ0n) is 8.61. The van der Waals surface area contributed by atoms with E-state index in [9.17, 15) is 0 Å². The zero-order chi connectivity index (χ0) is 11.7. The predicted octanol–water partition coefficient (Wildman–Crippen LogP) is 2.34. The number of halogens is 2. The van der Waals surface area contributed by atoms with Gasteiger partial charge in [-0.05, 0) is 19.1 Å². The highest BCUT2D eigenvalue weighted by molar-refractivity contribution is 6.31. The molecule has 0 saturated heterocycles. The highest BCUT2D eigenvalue weighted by atomic mass is 35.5. The first-order chi connectivity index (χ1) is 7.61. The third-order valence-electron chi connectivity index (χ3n) is 2.17. The quantitative estimate of drug-likeness (QED) is 0.898. The molecule has 0 atom stereocenters. The van der Waals surface area contributed by atoms with Crippen molar-refractivity contribution in [1.29, 1.82) is 0 Å². The van der Waals surface area contributed by atoms with Crippen LogP contribution in [0.5, 0.6) is 0 Å². The highest BCUT2D eigenvalue weighted by Crippen LogP contribution is 2.18. The molecule has 16 heavy (non-hydrogen) atoms. The number of nitrogens with two attached hydrogens (primary N) is 1. The Morgan fingerprint density at radius 1 is 1.31 bits per heavy atom. The van der Waals surface area contributed by atoms with Gasteiger partial charge < -0.3 is 5.73 Å². The van der Waals surface area contributed by atoms with Crippen LogP contribution in [0, 0.1) is 6.92 Å². The molecule has 0 aliphatic carbocycles. The molecule has 0 aliphatic heterocycles. The van der Waals surface area contributed by atoms with Crippen molar-refractivity contribution in [3.05, 3.63) is 39.8 Å². The molecule has 2 heterocycles. The first-order valence-corrected chi connectivity index (χ1v) is 5.45. The average molecular weight is 257 g/mol. The number of pyridine rings is 1. The van der Waals surface area contributed by atoms with Gasteiger partial charge in [0.05, 0.1) is 27.6 Å². The number of aromatic nitrogens is 3. The van der Waals surface area contributed by atoms with Gasteiger partial charge in [-0.2, -0.15) is 5.10 Å². The summed E-state index contributed by atoms with van der Waals surface area (Å²) in [6.07, 6.45) is 1.70. The molecule has 2 rings (SSSR count). The lowest BCUT2D eigenvalue weighted by Gasteiger charge is -2.04. The third kappa shape index (κ3) is 2.04. The summed E-state index contributed by atoms with van der Waals surface area (Å²) in [6.45, 7) is 2.12. The molecule has 6 heteroatoms. The molecule has 2 aromatic rings. The molecule has 0 fully saturated rings. The van der Waals surface area contributed by atoms with Crippen molar-refractivity contribution in [2.24, 2.45) is 5.73 Å². The second-order valence-corrected chi connectivity index (χ2v) is 4.12. The third-order valence-corrected chi connectivity index (χ3v) is 2.89. The van der Waals surface area contributed by atoms with Crippen LogP contribution >= 0.6 is 23.2 Å². The monoisotopic (exact) mass is 256 g/mol. The Morgan fingerprint density at radius 2 is 2.06 bits per heavy atom. The van der Waals surface area contributed by atoms with Gasteiger partial charge in [0, 0.05) is 6.54 Å². The lowest BCUT2D eigenvalue weighted by atomic mass is 10.3. The first-order valence-electron chi connectivity index (χ1n) is 4.69. The van der Waals surface area contributed by atoms with Crippen molar-refractivity contribution in [1.82, 2.24) is 14.8 Å². The fourth-order valence-corrected chi connectivity index (χ4v) is 1.61. The molecular weight excluding hydrogens is 247 g/mol. The summed E-state index contributed by atoms with van der Waals surface area (Å²) in [5.41, 5.74) is 6.93. The van der Waals surface area contributed by atoms with Gasteiger partial charge in [0.25, 0.3) is 0 Å². The standard InChI is InChI=1S/C10H10Cl2N4/c1-6-8(12)5-16(15-6)10-3-2-7(11)9(4-13)14-10/h2-3,5H,4,13H2,1H3. The fraction of sp³-hybridized carbons (Fsp3) is 0.200. The molecule has 2 N–H and O–H groups in total. The van der Waals surface area contributed by atoms with Gasteiger partial charge in [0.1, 0.15) is 0 Å². The normalized spacial score (nSPS) is 10.8. The maximum absolute atomic E-state index is 5.92. The molecule has 0 unspecified atom stereocenters.